The molecule has 0 aromatic carbocycles. The summed E-state index contributed by atoms with van der Waals surface area (Å²) in [5.41, 5.74) is 0.428. The maximum atomic E-state index is 8.84. The highest BCUT2D eigenvalue weighted by Crippen LogP contribution is 2.29. The molecule has 1 aliphatic rings. The first-order valence-corrected chi connectivity index (χ1v) is 5.93. The molecule has 1 aromatic heterocycles. The highest BCUT2D eigenvalue weighted by Gasteiger charge is 2.21. The van der Waals surface area contributed by atoms with Crippen LogP contribution in [0, 0.1) is 11.3 Å². The molecule has 2 heterocycles. The molecule has 84 valence electrons. The molecule has 0 N–H and O–H groups in total. The van der Waals surface area contributed by atoms with Crippen LogP contribution in [-0.4, -0.2) is 17.6 Å². The van der Waals surface area contributed by atoms with Crippen LogP contribution in [-0.2, 0) is 0 Å². The third-order valence-corrected chi connectivity index (χ3v) is 3.31. The lowest BCUT2D eigenvalue weighted by atomic mass is 10.0. The molecule has 3 nitrogen and oxygen atoms in total. The van der Waals surface area contributed by atoms with Crippen molar-refractivity contribution in [1.29, 1.82) is 5.26 Å². The van der Waals surface area contributed by atoms with Gasteiger partial charge in [-0.1, -0.05) is 11.6 Å². The molecule has 2 rings (SSSR count). The Bertz CT molecular complexity index is 425. The predicted octanol–water partition coefficient (Wildman–Crippen LogP) is 2.99. The lowest BCUT2D eigenvalue weighted by Gasteiger charge is -2.34. The number of rotatable bonds is 1. The molecule has 1 fully saturated rings. The second kappa shape index (κ2) is 4.71. The number of hydrogen-bond acceptors (Lipinski definition) is 3. The van der Waals surface area contributed by atoms with Crippen molar-refractivity contribution >= 4 is 17.4 Å². The number of pyridine rings is 1. The van der Waals surface area contributed by atoms with Gasteiger partial charge in [0.15, 0.2) is 0 Å². The van der Waals surface area contributed by atoms with Crippen LogP contribution in [0.3, 0.4) is 0 Å². The smallest absolute Gasteiger partial charge is 0.149 e. The molecule has 1 saturated heterocycles. The minimum absolute atomic E-state index is 0.428. The molecule has 0 radical (unpaired) electrons. The number of anilines is 1. The van der Waals surface area contributed by atoms with Crippen molar-refractivity contribution in [2.75, 3.05) is 11.4 Å². The standard InChI is InChI=1S/C12H14ClN3/c1-9-4-2-3-7-16(9)12-11(13)6-5-10(8-14)15-12/h5-6,9H,2-4,7H2,1H3. The van der Waals surface area contributed by atoms with Crippen molar-refractivity contribution < 1.29 is 0 Å². The fourth-order valence-corrected chi connectivity index (χ4v) is 2.32. The van der Waals surface area contributed by atoms with E-state index in [0.717, 1.165) is 18.8 Å². The molecule has 0 bridgehead atoms. The zero-order valence-corrected chi connectivity index (χ0v) is 10.0. The Morgan fingerprint density at radius 3 is 3.00 bits per heavy atom. The Morgan fingerprint density at radius 2 is 2.31 bits per heavy atom. The van der Waals surface area contributed by atoms with E-state index in [1.807, 2.05) is 0 Å². The van der Waals surface area contributed by atoms with Gasteiger partial charge < -0.3 is 4.90 Å². The van der Waals surface area contributed by atoms with Gasteiger partial charge in [0, 0.05) is 12.6 Å². The van der Waals surface area contributed by atoms with Crippen molar-refractivity contribution in [3.8, 4) is 6.07 Å². The number of aromatic nitrogens is 1. The van der Waals surface area contributed by atoms with E-state index in [1.165, 1.54) is 12.8 Å². The quantitative estimate of drug-likeness (QED) is 0.751. The van der Waals surface area contributed by atoms with E-state index in [9.17, 15) is 0 Å². The maximum absolute atomic E-state index is 8.84. The van der Waals surface area contributed by atoms with Gasteiger partial charge in [0.25, 0.3) is 0 Å². The summed E-state index contributed by atoms with van der Waals surface area (Å²) in [4.78, 5) is 6.50. The van der Waals surface area contributed by atoms with Gasteiger partial charge in [0.1, 0.15) is 17.6 Å². The van der Waals surface area contributed by atoms with Crippen LogP contribution in [0.1, 0.15) is 31.9 Å². The summed E-state index contributed by atoms with van der Waals surface area (Å²) in [5.74, 6) is 0.757. The van der Waals surface area contributed by atoms with Crippen molar-refractivity contribution in [2.45, 2.75) is 32.2 Å². The third-order valence-electron chi connectivity index (χ3n) is 3.02. The summed E-state index contributed by atoms with van der Waals surface area (Å²) >= 11 is 6.14. The maximum Gasteiger partial charge on any atom is 0.149 e. The fraction of sp³-hybridized carbons (Fsp3) is 0.500. The normalized spacial score (nSPS) is 20.6. The van der Waals surface area contributed by atoms with Crippen LogP contribution in [0.2, 0.25) is 5.02 Å². The van der Waals surface area contributed by atoms with Gasteiger partial charge in [-0.2, -0.15) is 5.26 Å². The predicted molar refractivity (Wildman–Crippen MR) is 64.6 cm³/mol. The van der Waals surface area contributed by atoms with E-state index in [-0.39, 0.29) is 0 Å². The molecule has 1 aromatic rings. The minimum Gasteiger partial charge on any atom is -0.353 e. The molecular formula is C12H14ClN3. The largest absolute Gasteiger partial charge is 0.353 e. The Kier molecular flexibility index (Phi) is 3.31. The van der Waals surface area contributed by atoms with Crippen molar-refractivity contribution in [1.82, 2.24) is 4.98 Å². The van der Waals surface area contributed by atoms with Crippen LogP contribution in [0.4, 0.5) is 5.82 Å². The lowest BCUT2D eigenvalue weighted by Crippen LogP contribution is -2.38. The molecule has 16 heavy (non-hydrogen) atoms. The summed E-state index contributed by atoms with van der Waals surface area (Å²) in [5, 5.41) is 9.48. The van der Waals surface area contributed by atoms with Crippen LogP contribution in [0.15, 0.2) is 12.1 Å². The Labute approximate surface area is 101 Å². The van der Waals surface area contributed by atoms with Gasteiger partial charge in [-0.15, -0.1) is 0 Å². The van der Waals surface area contributed by atoms with Crippen molar-refractivity contribution in [2.24, 2.45) is 0 Å². The Morgan fingerprint density at radius 1 is 1.50 bits per heavy atom. The summed E-state index contributed by atoms with van der Waals surface area (Å²) in [7, 11) is 0. The van der Waals surface area contributed by atoms with E-state index >= 15 is 0 Å². The van der Waals surface area contributed by atoms with Crippen LogP contribution >= 0.6 is 11.6 Å². The Balaban J connectivity index is 2.34. The van der Waals surface area contributed by atoms with Gasteiger partial charge >= 0.3 is 0 Å². The van der Waals surface area contributed by atoms with E-state index in [2.05, 4.69) is 22.9 Å². The molecule has 1 unspecified atom stereocenters. The second-order valence-corrected chi connectivity index (χ2v) is 4.56. The van der Waals surface area contributed by atoms with E-state index in [0.29, 0.717) is 16.8 Å². The zero-order valence-electron chi connectivity index (χ0n) is 9.28. The monoisotopic (exact) mass is 235 g/mol. The molecular weight excluding hydrogens is 222 g/mol. The van der Waals surface area contributed by atoms with Gasteiger partial charge in [0.2, 0.25) is 0 Å². The molecule has 0 amide bonds. The third kappa shape index (κ3) is 2.12. The van der Waals surface area contributed by atoms with Crippen LogP contribution in [0.5, 0.6) is 0 Å². The van der Waals surface area contributed by atoms with Crippen molar-refractivity contribution in [3.63, 3.8) is 0 Å². The van der Waals surface area contributed by atoms with Gasteiger partial charge in [-0.25, -0.2) is 4.98 Å². The first-order chi connectivity index (χ1) is 7.72. The zero-order chi connectivity index (χ0) is 11.5. The molecule has 0 saturated carbocycles. The number of piperidine rings is 1. The van der Waals surface area contributed by atoms with Crippen LogP contribution < -0.4 is 4.90 Å². The highest BCUT2D eigenvalue weighted by atomic mass is 35.5. The lowest BCUT2D eigenvalue weighted by molar-refractivity contribution is 0.481. The number of halogens is 1. The minimum atomic E-state index is 0.428. The van der Waals surface area contributed by atoms with Gasteiger partial charge in [-0.3, -0.25) is 0 Å². The second-order valence-electron chi connectivity index (χ2n) is 4.15. The first kappa shape index (κ1) is 11.2. The Hall–Kier alpha value is -1.27. The average molecular weight is 236 g/mol. The fourth-order valence-electron chi connectivity index (χ4n) is 2.11. The number of nitrogens with zero attached hydrogens (tertiary/aromatic N) is 3. The number of hydrogen-bond donors (Lipinski definition) is 0. The average Bonchev–Trinajstić information content (AvgIpc) is 2.31. The van der Waals surface area contributed by atoms with Gasteiger partial charge in [-0.05, 0) is 38.3 Å². The van der Waals surface area contributed by atoms with E-state index in [1.54, 1.807) is 12.1 Å². The summed E-state index contributed by atoms with van der Waals surface area (Å²) in [6, 6.07) is 5.91. The first-order valence-electron chi connectivity index (χ1n) is 5.55. The summed E-state index contributed by atoms with van der Waals surface area (Å²) < 4.78 is 0. The van der Waals surface area contributed by atoms with Gasteiger partial charge in [0.05, 0.1) is 5.02 Å². The molecule has 1 aliphatic heterocycles. The van der Waals surface area contributed by atoms with Crippen LogP contribution in [0.25, 0.3) is 0 Å². The highest BCUT2D eigenvalue weighted by molar-refractivity contribution is 6.33. The van der Waals surface area contributed by atoms with E-state index < -0.39 is 0 Å². The molecule has 0 aliphatic carbocycles. The summed E-state index contributed by atoms with van der Waals surface area (Å²) in [6.45, 7) is 3.15. The summed E-state index contributed by atoms with van der Waals surface area (Å²) in [6.07, 6.45) is 3.58. The van der Waals surface area contributed by atoms with Crippen molar-refractivity contribution in [3.05, 3.63) is 22.8 Å². The number of nitriles is 1. The molecule has 1 atom stereocenters. The topological polar surface area (TPSA) is 39.9 Å². The SMILES string of the molecule is CC1CCCCN1c1nc(C#N)ccc1Cl. The van der Waals surface area contributed by atoms with E-state index in [4.69, 9.17) is 16.9 Å². The molecule has 4 heteroatoms. The molecule has 0 spiro atoms.